The van der Waals surface area contributed by atoms with Gasteiger partial charge in [-0.15, -0.1) is 0 Å². The summed E-state index contributed by atoms with van der Waals surface area (Å²) < 4.78 is 4.88. The van der Waals surface area contributed by atoms with Crippen LogP contribution in [-0.2, 0) is 9.53 Å². The van der Waals surface area contributed by atoms with E-state index in [1.807, 2.05) is 11.8 Å². The molecule has 0 spiro atoms. The van der Waals surface area contributed by atoms with Crippen molar-refractivity contribution in [3.63, 3.8) is 0 Å². The van der Waals surface area contributed by atoms with E-state index in [-0.39, 0.29) is 5.97 Å². The minimum absolute atomic E-state index is 0.105. The van der Waals surface area contributed by atoms with Crippen molar-refractivity contribution in [1.29, 1.82) is 0 Å². The number of thioether (sulfide) groups is 1. The van der Waals surface area contributed by atoms with E-state index in [1.54, 1.807) is 6.08 Å². The third-order valence-corrected chi connectivity index (χ3v) is 3.33. The molecule has 0 amide bonds. The van der Waals surface area contributed by atoms with Gasteiger partial charge in [-0.1, -0.05) is 38.8 Å². The maximum atomic E-state index is 11.1. The number of carbonyl (C=O) groups is 1. The van der Waals surface area contributed by atoms with Crippen LogP contribution in [0.2, 0.25) is 0 Å². The van der Waals surface area contributed by atoms with E-state index in [9.17, 15) is 4.79 Å². The van der Waals surface area contributed by atoms with Crippen LogP contribution in [0.15, 0.2) is 12.7 Å². The minimum atomic E-state index is -0.105. The van der Waals surface area contributed by atoms with Crippen molar-refractivity contribution in [3.8, 4) is 0 Å². The van der Waals surface area contributed by atoms with Crippen LogP contribution in [0, 0.1) is 0 Å². The van der Waals surface area contributed by atoms with Crippen molar-refractivity contribution >= 4 is 17.7 Å². The highest BCUT2D eigenvalue weighted by Gasteiger charge is 2.00. The van der Waals surface area contributed by atoms with Gasteiger partial charge in [0.15, 0.2) is 0 Å². The van der Waals surface area contributed by atoms with Gasteiger partial charge in [-0.3, -0.25) is 4.79 Å². The highest BCUT2D eigenvalue weighted by molar-refractivity contribution is 7.99. The van der Waals surface area contributed by atoms with E-state index >= 15 is 0 Å². The summed E-state index contributed by atoms with van der Waals surface area (Å²) in [5.74, 6) is 2.18. The van der Waals surface area contributed by atoms with Crippen LogP contribution >= 0.6 is 11.8 Å². The molecule has 0 bridgehead atoms. The standard InChI is InChI=1S/C13H24O2S/c1-3-5-6-7-11-16-12-8-9-13(14)15-10-4-2/h4H,2-3,5-12H2,1H3. The Morgan fingerprint density at radius 2 is 2.00 bits per heavy atom. The average Bonchev–Trinajstić information content (AvgIpc) is 2.30. The third-order valence-electron chi connectivity index (χ3n) is 2.17. The summed E-state index contributed by atoms with van der Waals surface area (Å²) in [6, 6.07) is 0. The Hall–Kier alpha value is -0.440. The Labute approximate surface area is 104 Å². The molecule has 0 aliphatic carbocycles. The second-order valence-electron chi connectivity index (χ2n) is 3.75. The molecule has 94 valence electrons. The lowest BCUT2D eigenvalue weighted by molar-refractivity contribution is -0.142. The molecular weight excluding hydrogens is 220 g/mol. The number of esters is 1. The molecule has 0 atom stereocenters. The molecule has 0 aromatic carbocycles. The number of unbranched alkanes of at least 4 members (excludes halogenated alkanes) is 3. The van der Waals surface area contributed by atoms with Gasteiger partial charge in [0, 0.05) is 6.42 Å². The lowest BCUT2D eigenvalue weighted by atomic mass is 10.2. The zero-order valence-electron chi connectivity index (χ0n) is 10.4. The van der Waals surface area contributed by atoms with Crippen molar-refractivity contribution < 1.29 is 9.53 Å². The Morgan fingerprint density at radius 1 is 1.25 bits per heavy atom. The molecule has 0 heterocycles. The topological polar surface area (TPSA) is 26.3 Å². The van der Waals surface area contributed by atoms with Gasteiger partial charge < -0.3 is 4.74 Å². The molecule has 0 N–H and O–H groups in total. The first-order valence-electron chi connectivity index (χ1n) is 6.15. The van der Waals surface area contributed by atoms with Gasteiger partial charge in [0.1, 0.15) is 6.61 Å². The van der Waals surface area contributed by atoms with Crippen molar-refractivity contribution in [2.75, 3.05) is 18.1 Å². The lowest BCUT2D eigenvalue weighted by Gasteiger charge is -2.02. The predicted octanol–water partition coefficient (Wildman–Crippen LogP) is 3.81. The molecule has 2 nitrogen and oxygen atoms in total. The zero-order chi connectivity index (χ0) is 12.1. The maximum Gasteiger partial charge on any atom is 0.306 e. The highest BCUT2D eigenvalue weighted by Crippen LogP contribution is 2.10. The Balaban J connectivity index is 3.08. The molecule has 0 aliphatic rings. The van der Waals surface area contributed by atoms with Crippen LogP contribution in [0.25, 0.3) is 0 Å². The third kappa shape index (κ3) is 11.6. The highest BCUT2D eigenvalue weighted by atomic mass is 32.2. The summed E-state index contributed by atoms with van der Waals surface area (Å²) in [4.78, 5) is 11.1. The molecule has 0 radical (unpaired) electrons. The average molecular weight is 244 g/mol. The van der Waals surface area contributed by atoms with Gasteiger partial charge in [0.05, 0.1) is 0 Å². The number of rotatable bonds is 11. The van der Waals surface area contributed by atoms with Crippen molar-refractivity contribution in [2.24, 2.45) is 0 Å². The van der Waals surface area contributed by atoms with E-state index in [1.165, 1.54) is 31.4 Å². The van der Waals surface area contributed by atoms with Gasteiger partial charge in [-0.05, 0) is 24.3 Å². The smallest absolute Gasteiger partial charge is 0.306 e. The molecule has 0 saturated carbocycles. The van der Waals surface area contributed by atoms with Crippen LogP contribution in [-0.4, -0.2) is 24.1 Å². The molecule has 0 aromatic heterocycles. The molecule has 0 rings (SSSR count). The first-order valence-corrected chi connectivity index (χ1v) is 7.31. The fraction of sp³-hybridized carbons (Fsp3) is 0.769. The van der Waals surface area contributed by atoms with E-state index < -0.39 is 0 Å². The van der Waals surface area contributed by atoms with Crippen molar-refractivity contribution in [2.45, 2.75) is 45.4 Å². The van der Waals surface area contributed by atoms with Crippen LogP contribution < -0.4 is 0 Å². The summed E-state index contributed by atoms with van der Waals surface area (Å²) in [7, 11) is 0. The Kier molecular flexibility index (Phi) is 12.3. The molecule has 0 fully saturated rings. The van der Waals surface area contributed by atoms with Gasteiger partial charge in [-0.25, -0.2) is 0 Å². The number of hydrogen-bond donors (Lipinski definition) is 0. The zero-order valence-corrected chi connectivity index (χ0v) is 11.2. The molecule has 0 saturated heterocycles. The quantitative estimate of drug-likeness (QED) is 0.314. The summed E-state index contributed by atoms with van der Waals surface area (Å²) in [5, 5.41) is 0. The van der Waals surface area contributed by atoms with Gasteiger partial charge >= 0.3 is 5.97 Å². The van der Waals surface area contributed by atoms with E-state index in [0.29, 0.717) is 13.0 Å². The summed E-state index contributed by atoms with van der Waals surface area (Å²) in [5.41, 5.74) is 0. The molecule has 16 heavy (non-hydrogen) atoms. The summed E-state index contributed by atoms with van der Waals surface area (Å²) >= 11 is 1.94. The van der Waals surface area contributed by atoms with Crippen LogP contribution in [0.3, 0.4) is 0 Å². The normalized spacial score (nSPS) is 10.1. The van der Waals surface area contributed by atoms with E-state index in [2.05, 4.69) is 13.5 Å². The number of hydrogen-bond acceptors (Lipinski definition) is 3. The second-order valence-corrected chi connectivity index (χ2v) is 4.97. The fourth-order valence-corrected chi connectivity index (χ4v) is 2.24. The second kappa shape index (κ2) is 12.6. The molecular formula is C13H24O2S. The molecule has 0 aliphatic heterocycles. The monoisotopic (exact) mass is 244 g/mol. The van der Waals surface area contributed by atoms with Gasteiger partial charge in [0.2, 0.25) is 0 Å². The van der Waals surface area contributed by atoms with Crippen LogP contribution in [0.1, 0.15) is 45.4 Å². The summed E-state index contributed by atoms with van der Waals surface area (Å²) in [6.45, 7) is 6.06. The Bertz CT molecular complexity index is 181. The first kappa shape index (κ1) is 15.6. The molecule has 0 aromatic rings. The number of carbonyl (C=O) groups excluding carboxylic acids is 1. The van der Waals surface area contributed by atoms with E-state index in [4.69, 9.17) is 4.74 Å². The van der Waals surface area contributed by atoms with Gasteiger partial charge in [0.25, 0.3) is 0 Å². The summed E-state index contributed by atoms with van der Waals surface area (Å²) in [6.07, 6.45) is 8.34. The maximum absolute atomic E-state index is 11.1. The van der Waals surface area contributed by atoms with Crippen LogP contribution in [0.5, 0.6) is 0 Å². The fourth-order valence-electron chi connectivity index (χ4n) is 1.28. The lowest BCUT2D eigenvalue weighted by Crippen LogP contribution is -2.04. The minimum Gasteiger partial charge on any atom is -0.461 e. The Morgan fingerprint density at radius 3 is 2.69 bits per heavy atom. The largest absolute Gasteiger partial charge is 0.461 e. The predicted molar refractivity (Wildman–Crippen MR) is 71.9 cm³/mol. The van der Waals surface area contributed by atoms with Gasteiger partial charge in [-0.2, -0.15) is 11.8 Å². The molecule has 3 heteroatoms. The number of ether oxygens (including phenoxy) is 1. The van der Waals surface area contributed by atoms with E-state index in [0.717, 1.165) is 12.2 Å². The SMILES string of the molecule is C=CCOC(=O)CCCSCCCCCC. The van der Waals surface area contributed by atoms with Crippen molar-refractivity contribution in [3.05, 3.63) is 12.7 Å². The van der Waals surface area contributed by atoms with Crippen LogP contribution in [0.4, 0.5) is 0 Å². The first-order chi connectivity index (χ1) is 7.81. The molecule has 0 unspecified atom stereocenters. The van der Waals surface area contributed by atoms with Crippen molar-refractivity contribution in [1.82, 2.24) is 0 Å².